The Morgan fingerprint density at radius 2 is 1.11 bits per heavy atom. The first kappa shape index (κ1) is 18.7. The molecule has 6 rings (SSSR count). The van der Waals surface area contributed by atoms with Crippen molar-refractivity contribution >= 4 is 0 Å². The second-order valence-electron chi connectivity index (χ2n) is 12.7. The average Bonchev–Trinajstić information content (AvgIpc) is 3.52. The van der Waals surface area contributed by atoms with Crippen molar-refractivity contribution in [1.82, 2.24) is 0 Å². The topological polar surface area (TPSA) is 0 Å². The summed E-state index contributed by atoms with van der Waals surface area (Å²) < 4.78 is 0. The highest BCUT2D eigenvalue weighted by molar-refractivity contribution is 5.13. The van der Waals surface area contributed by atoms with E-state index in [9.17, 15) is 0 Å². The summed E-state index contributed by atoms with van der Waals surface area (Å²) in [4.78, 5) is 0. The number of unbranched alkanes of at least 4 members (excludes halogenated alkanes) is 2. The summed E-state index contributed by atoms with van der Waals surface area (Å²) >= 11 is 0. The van der Waals surface area contributed by atoms with Crippen LogP contribution in [0, 0.1) is 71.0 Å². The van der Waals surface area contributed by atoms with Crippen LogP contribution in [0.15, 0.2) is 0 Å². The molecule has 0 aromatic carbocycles. The van der Waals surface area contributed by atoms with E-state index < -0.39 is 0 Å². The van der Waals surface area contributed by atoms with Crippen LogP contribution >= 0.6 is 0 Å². The molecule has 12 atom stereocenters. The highest BCUT2D eigenvalue weighted by Crippen LogP contribution is 2.71. The van der Waals surface area contributed by atoms with Gasteiger partial charge in [-0.1, -0.05) is 39.5 Å². The van der Waals surface area contributed by atoms with Crippen molar-refractivity contribution in [3.63, 3.8) is 0 Å². The van der Waals surface area contributed by atoms with Crippen molar-refractivity contribution < 1.29 is 0 Å². The molecule has 158 valence electrons. The molecule has 0 nitrogen and oxygen atoms in total. The standard InChI is InChI=1S/C28H46/c1-3-4-7-23-24(9-6-5-8-22-17(2)18-10-11-19(22)14-18)26-16-25(23)27-20-12-13-21(15-20)28(26)27/h17-28H,3-16H2,1-2H3. The Kier molecular flexibility index (Phi) is 4.89. The smallest absolute Gasteiger partial charge is 0.0321 e. The molecule has 6 aliphatic carbocycles. The van der Waals surface area contributed by atoms with Crippen molar-refractivity contribution in [3.05, 3.63) is 0 Å². The molecule has 6 bridgehead atoms. The second kappa shape index (κ2) is 7.30. The molecule has 0 aromatic rings. The van der Waals surface area contributed by atoms with E-state index in [1.54, 1.807) is 77.0 Å². The van der Waals surface area contributed by atoms with Gasteiger partial charge in [-0.2, -0.15) is 0 Å². The number of hydrogen-bond donors (Lipinski definition) is 0. The quantitative estimate of drug-likeness (QED) is 0.295. The van der Waals surface area contributed by atoms with E-state index in [2.05, 4.69) is 13.8 Å². The Labute approximate surface area is 175 Å². The van der Waals surface area contributed by atoms with Crippen LogP contribution < -0.4 is 0 Å². The highest BCUT2D eigenvalue weighted by atomic mass is 14.7. The summed E-state index contributed by atoms with van der Waals surface area (Å²) in [6.07, 6.45) is 22.2. The molecule has 0 N–H and O–H groups in total. The van der Waals surface area contributed by atoms with Gasteiger partial charge in [0.2, 0.25) is 0 Å². The van der Waals surface area contributed by atoms with Gasteiger partial charge < -0.3 is 0 Å². The van der Waals surface area contributed by atoms with Crippen LogP contribution in [0.1, 0.15) is 104 Å². The van der Waals surface area contributed by atoms with E-state index >= 15 is 0 Å². The number of hydrogen-bond acceptors (Lipinski definition) is 0. The Morgan fingerprint density at radius 1 is 0.571 bits per heavy atom. The van der Waals surface area contributed by atoms with Crippen LogP contribution in [0.2, 0.25) is 0 Å². The van der Waals surface area contributed by atoms with E-state index in [1.807, 2.05) is 0 Å². The van der Waals surface area contributed by atoms with Gasteiger partial charge in [-0.3, -0.25) is 0 Å². The lowest BCUT2D eigenvalue weighted by Crippen LogP contribution is -2.38. The summed E-state index contributed by atoms with van der Waals surface area (Å²) in [5.41, 5.74) is 0. The molecular formula is C28H46. The summed E-state index contributed by atoms with van der Waals surface area (Å²) in [6, 6.07) is 0. The van der Waals surface area contributed by atoms with Gasteiger partial charge in [-0.15, -0.1) is 0 Å². The van der Waals surface area contributed by atoms with Crippen molar-refractivity contribution in [2.75, 3.05) is 0 Å². The van der Waals surface area contributed by atoms with Crippen molar-refractivity contribution in [3.8, 4) is 0 Å². The Morgan fingerprint density at radius 3 is 1.71 bits per heavy atom. The largest absolute Gasteiger partial charge is 0.0654 e. The van der Waals surface area contributed by atoms with Gasteiger partial charge in [-0.05, 0) is 135 Å². The third-order valence-corrected chi connectivity index (χ3v) is 12.0. The first-order valence-electron chi connectivity index (χ1n) is 13.8. The minimum absolute atomic E-state index is 1.06. The molecule has 0 amide bonds. The molecule has 0 spiro atoms. The van der Waals surface area contributed by atoms with Gasteiger partial charge in [-0.25, -0.2) is 0 Å². The maximum atomic E-state index is 2.60. The van der Waals surface area contributed by atoms with E-state index in [1.165, 1.54) is 48.3 Å². The third kappa shape index (κ3) is 2.74. The molecule has 28 heavy (non-hydrogen) atoms. The van der Waals surface area contributed by atoms with Crippen LogP contribution in [0.4, 0.5) is 0 Å². The van der Waals surface area contributed by atoms with E-state index in [0.717, 1.165) is 35.5 Å². The maximum absolute atomic E-state index is 2.60. The van der Waals surface area contributed by atoms with Gasteiger partial charge in [0, 0.05) is 0 Å². The van der Waals surface area contributed by atoms with E-state index in [-0.39, 0.29) is 0 Å². The van der Waals surface area contributed by atoms with Gasteiger partial charge in [0.15, 0.2) is 0 Å². The highest BCUT2D eigenvalue weighted by Gasteiger charge is 2.64. The Bertz CT molecular complexity index is 562. The van der Waals surface area contributed by atoms with E-state index in [0.29, 0.717) is 0 Å². The molecule has 6 fully saturated rings. The fourth-order valence-corrected chi connectivity index (χ4v) is 11.1. The van der Waals surface area contributed by atoms with Gasteiger partial charge in [0.25, 0.3) is 0 Å². The van der Waals surface area contributed by atoms with Gasteiger partial charge >= 0.3 is 0 Å². The average molecular weight is 383 g/mol. The molecule has 0 aliphatic heterocycles. The molecule has 12 unspecified atom stereocenters. The normalized spacial score (nSPS) is 55.5. The molecule has 0 heteroatoms. The lowest BCUT2D eigenvalue weighted by Gasteiger charge is -2.44. The van der Waals surface area contributed by atoms with E-state index in [4.69, 9.17) is 0 Å². The molecular weight excluding hydrogens is 336 g/mol. The zero-order valence-corrected chi connectivity index (χ0v) is 18.8. The molecule has 0 saturated heterocycles. The predicted molar refractivity (Wildman–Crippen MR) is 118 cm³/mol. The SMILES string of the molecule is CCCCC1C(CCCCC2C3CCC(C3)C2C)C2CC1C1C3CCC(C3)C21. The van der Waals surface area contributed by atoms with Crippen LogP contribution in [0.5, 0.6) is 0 Å². The zero-order chi connectivity index (χ0) is 18.8. The van der Waals surface area contributed by atoms with Crippen LogP contribution in [0.25, 0.3) is 0 Å². The Hall–Kier alpha value is 0. The minimum atomic E-state index is 1.06. The minimum Gasteiger partial charge on any atom is -0.0654 e. The zero-order valence-electron chi connectivity index (χ0n) is 18.8. The molecule has 6 saturated carbocycles. The summed E-state index contributed by atoms with van der Waals surface area (Å²) in [5.74, 6) is 13.8. The summed E-state index contributed by atoms with van der Waals surface area (Å²) in [7, 11) is 0. The number of rotatable bonds is 8. The molecule has 0 heterocycles. The second-order valence-corrected chi connectivity index (χ2v) is 12.7. The first-order valence-corrected chi connectivity index (χ1v) is 13.8. The van der Waals surface area contributed by atoms with Gasteiger partial charge in [0.05, 0.1) is 0 Å². The maximum Gasteiger partial charge on any atom is -0.0321 e. The fraction of sp³-hybridized carbons (Fsp3) is 1.00. The predicted octanol–water partition coefficient (Wildman–Crippen LogP) is 7.96. The first-order chi connectivity index (χ1) is 13.8. The van der Waals surface area contributed by atoms with Crippen molar-refractivity contribution in [2.45, 2.75) is 104 Å². The summed E-state index contributed by atoms with van der Waals surface area (Å²) in [5, 5.41) is 0. The lowest BCUT2D eigenvalue weighted by molar-refractivity contribution is 0.0451. The molecule has 0 aromatic heterocycles. The van der Waals surface area contributed by atoms with Crippen LogP contribution in [-0.4, -0.2) is 0 Å². The third-order valence-electron chi connectivity index (χ3n) is 12.0. The van der Waals surface area contributed by atoms with Gasteiger partial charge in [0.1, 0.15) is 0 Å². The molecule has 6 aliphatic rings. The van der Waals surface area contributed by atoms with Crippen LogP contribution in [0.3, 0.4) is 0 Å². The van der Waals surface area contributed by atoms with Crippen molar-refractivity contribution in [2.24, 2.45) is 71.0 Å². The Balaban J connectivity index is 1.07. The number of fused-ring (bicyclic) bond motifs is 11. The monoisotopic (exact) mass is 382 g/mol. The van der Waals surface area contributed by atoms with Crippen molar-refractivity contribution in [1.29, 1.82) is 0 Å². The van der Waals surface area contributed by atoms with Crippen LogP contribution in [-0.2, 0) is 0 Å². The fourth-order valence-electron chi connectivity index (χ4n) is 11.1. The summed E-state index contributed by atoms with van der Waals surface area (Å²) in [6.45, 7) is 5.01. The lowest BCUT2D eigenvalue weighted by atomic mass is 9.61. The molecule has 0 radical (unpaired) electrons.